The van der Waals surface area contributed by atoms with E-state index in [0.29, 0.717) is 27.7 Å². The monoisotopic (exact) mass is 434 g/mol. The molecule has 0 radical (unpaired) electrons. The molecule has 0 amide bonds. The molecule has 0 bridgehead atoms. The van der Waals surface area contributed by atoms with E-state index < -0.39 is 6.10 Å². The number of anilines is 1. The second-order valence-electron chi connectivity index (χ2n) is 7.77. The van der Waals surface area contributed by atoms with Crippen LogP contribution in [0.5, 0.6) is 0 Å². The normalized spacial score (nSPS) is 15.4. The number of H-pyrrole nitrogens is 1. The van der Waals surface area contributed by atoms with E-state index in [1.54, 1.807) is 6.07 Å². The predicted octanol–water partition coefficient (Wildman–Crippen LogP) is 4.51. The van der Waals surface area contributed by atoms with Gasteiger partial charge < -0.3 is 19.7 Å². The van der Waals surface area contributed by atoms with Crippen LogP contribution in [0.4, 0.5) is 5.69 Å². The fourth-order valence-electron chi connectivity index (χ4n) is 3.83. The van der Waals surface area contributed by atoms with Crippen LogP contribution in [0.15, 0.2) is 54.6 Å². The Morgan fingerprint density at radius 1 is 1.03 bits per heavy atom. The fourth-order valence-corrected chi connectivity index (χ4v) is 4.08. The highest BCUT2D eigenvalue weighted by Gasteiger charge is 2.18. The van der Waals surface area contributed by atoms with Gasteiger partial charge in [-0.2, -0.15) is 0 Å². The Bertz CT molecular complexity index is 1200. The Morgan fingerprint density at radius 2 is 1.74 bits per heavy atom. The van der Waals surface area contributed by atoms with E-state index in [9.17, 15) is 5.11 Å². The van der Waals surface area contributed by atoms with Crippen molar-refractivity contribution in [1.82, 2.24) is 15.0 Å². The highest BCUT2D eigenvalue weighted by Crippen LogP contribution is 2.31. The van der Waals surface area contributed by atoms with E-state index in [-0.39, 0.29) is 0 Å². The van der Waals surface area contributed by atoms with Crippen LogP contribution in [-0.4, -0.2) is 46.4 Å². The Labute approximate surface area is 185 Å². The number of morpholine rings is 1. The molecule has 31 heavy (non-hydrogen) atoms. The molecule has 1 aliphatic heterocycles. The number of rotatable bonds is 4. The molecule has 1 unspecified atom stereocenters. The van der Waals surface area contributed by atoms with Crippen molar-refractivity contribution in [2.45, 2.75) is 13.0 Å². The third-order valence-corrected chi connectivity index (χ3v) is 5.90. The highest BCUT2D eigenvalue weighted by atomic mass is 35.5. The number of ether oxygens (including phenoxy) is 1. The standard InChI is InChI=1S/C24H23ClN4O2/c1-15-2-4-17(5-3-15)22(30)24-26-20-14-19(25)21(27-23(20)28-24)16-6-8-18(9-7-16)29-10-12-31-13-11-29/h2-9,14,22,30H,10-13H2,1H3,(H,26,27,28). The van der Waals surface area contributed by atoms with Gasteiger partial charge in [-0.25, -0.2) is 9.97 Å². The molecular weight excluding hydrogens is 412 g/mol. The number of pyridine rings is 1. The van der Waals surface area contributed by atoms with Crippen LogP contribution >= 0.6 is 11.6 Å². The average Bonchev–Trinajstić information content (AvgIpc) is 3.22. The van der Waals surface area contributed by atoms with Crippen LogP contribution < -0.4 is 4.90 Å². The maximum Gasteiger partial charge on any atom is 0.158 e. The van der Waals surface area contributed by atoms with Gasteiger partial charge in [0.25, 0.3) is 0 Å². The van der Waals surface area contributed by atoms with Gasteiger partial charge in [0, 0.05) is 24.3 Å². The molecule has 3 heterocycles. The van der Waals surface area contributed by atoms with E-state index in [4.69, 9.17) is 21.3 Å². The second-order valence-corrected chi connectivity index (χ2v) is 8.18. The lowest BCUT2D eigenvalue weighted by molar-refractivity contribution is 0.122. The topological polar surface area (TPSA) is 74.3 Å². The van der Waals surface area contributed by atoms with Crippen molar-refractivity contribution in [3.05, 3.63) is 76.6 Å². The Balaban J connectivity index is 1.44. The molecule has 0 aliphatic carbocycles. The zero-order valence-corrected chi connectivity index (χ0v) is 17.9. The molecule has 0 saturated carbocycles. The summed E-state index contributed by atoms with van der Waals surface area (Å²) >= 11 is 6.54. The van der Waals surface area contributed by atoms with Crippen molar-refractivity contribution in [1.29, 1.82) is 0 Å². The van der Waals surface area contributed by atoms with E-state index >= 15 is 0 Å². The summed E-state index contributed by atoms with van der Waals surface area (Å²) in [6, 6.07) is 17.8. The van der Waals surface area contributed by atoms with E-state index in [1.807, 2.05) is 43.3 Å². The first-order valence-corrected chi connectivity index (χ1v) is 10.7. The third-order valence-electron chi connectivity index (χ3n) is 5.61. The number of hydrogen-bond acceptors (Lipinski definition) is 5. The van der Waals surface area contributed by atoms with Crippen molar-refractivity contribution in [2.24, 2.45) is 0 Å². The maximum atomic E-state index is 10.7. The van der Waals surface area contributed by atoms with E-state index in [1.165, 1.54) is 0 Å². The molecule has 2 N–H and O–H groups in total. The zero-order chi connectivity index (χ0) is 21.4. The number of aryl methyl sites for hydroxylation is 1. The minimum Gasteiger partial charge on any atom is -0.380 e. The van der Waals surface area contributed by atoms with E-state index in [2.05, 4.69) is 27.0 Å². The first kappa shape index (κ1) is 20.0. The molecule has 5 rings (SSSR count). The molecule has 1 aliphatic rings. The van der Waals surface area contributed by atoms with Crippen LogP contribution in [0.2, 0.25) is 5.02 Å². The molecule has 158 valence electrons. The number of nitrogens with one attached hydrogen (secondary N) is 1. The summed E-state index contributed by atoms with van der Waals surface area (Å²) in [6.07, 6.45) is -0.857. The Morgan fingerprint density at radius 3 is 2.45 bits per heavy atom. The largest absolute Gasteiger partial charge is 0.380 e. The molecule has 2 aromatic carbocycles. The molecule has 1 saturated heterocycles. The number of benzene rings is 2. The molecule has 2 aromatic heterocycles. The lowest BCUT2D eigenvalue weighted by Crippen LogP contribution is -2.36. The summed E-state index contributed by atoms with van der Waals surface area (Å²) in [7, 11) is 0. The second kappa shape index (κ2) is 8.30. The molecule has 1 fully saturated rings. The van der Waals surface area contributed by atoms with Gasteiger partial charge in [0.2, 0.25) is 0 Å². The number of aliphatic hydroxyl groups is 1. The first-order valence-electron chi connectivity index (χ1n) is 10.3. The average molecular weight is 435 g/mol. The van der Waals surface area contributed by atoms with Crippen molar-refractivity contribution in [2.75, 3.05) is 31.2 Å². The summed E-state index contributed by atoms with van der Waals surface area (Å²) in [6.45, 7) is 5.30. The number of aromatic nitrogens is 3. The number of fused-ring (bicyclic) bond motifs is 1. The van der Waals surface area contributed by atoms with E-state index in [0.717, 1.165) is 48.7 Å². The van der Waals surface area contributed by atoms with Crippen LogP contribution in [0, 0.1) is 6.92 Å². The van der Waals surface area contributed by atoms with Gasteiger partial charge in [-0.05, 0) is 30.7 Å². The summed E-state index contributed by atoms with van der Waals surface area (Å²) in [5, 5.41) is 11.2. The van der Waals surface area contributed by atoms with Crippen LogP contribution in [0.25, 0.3) is 22.4 Å². The summed E-state index contributed by atoms with van der Waals surface area (Å²) in [5.74, 6) is 0.447. The quantitative estimate of drug-likeness (QED) is 0.494. The smallest absolute Gasteiger partial charge is 0.158 e. The molecule has 6 nitrogen and oxygen atoms in total. The predicted molar refractivity (Wildman–Crippen MR) is 123 cm³/mol. The van der Waals surface area contributed by atoms with Gasteiger partial charge in [-0.15, -0.1) is 0 Å². The van der Waals surface area contributed by atoms with Crippen molar-refractivity contribution in [3.63, 3.8) is 0 Å². The molecule has 4 aromatic rings. The number of halogens is 1. The van der Waals surface area contributed by atoms with Gasteiger partial charge in [0.05, 0.1) is 23.9 Å². The summed E-state index contributed by atoms with van der Waals surface area (Å²) < 4.78 is 5.43. The minimum atomic E-state index is -0.857. The van der Waals surface area contributed by atoms with Crippen LogP contribution in [0.1, 0.15) is 23.1 Å². The Hall–Kier alpha value is -2.93. The molecule has 0 spiro atoms. The summed E-state index contributed by atoms with van der Waals surface area (Å²) in [4.78, 5) is 14.7. The van der Waals surface area contributed by atoms with Gasteiger partial charge in [-0.3, -0.25) is 0 Å². The molecule has 1 atom stereocenters. The molecular formula is C24H23ClN4O2. The minimum absolute atomic E-state index is 0.447. The lowest BCUT2D eigenvalue weighted by atomic mass is 10.1. The highest BCUT2D eigenvalue weighted by molar-refractivity contribution is 6.33. The van der Waals surface area contributed by atoms with Crippen molar-refractivity contribution < 1.29 is 9.84 Å². The van der Waals surface area contributed by atoms with Gasteiger partial charge >= 0.3 is 0 Å². The number of aliphatic hydroxyl groups excluding tert-OH is 1. The zero-order valence-electron chi connectivity index (χ0n) is 17.2. The number of nitrogens with zero attached hydrogens (tertiary/aromatic N) is 3. The summed E-state index contributed by atoms with van der Waals surface area (Å²) in [5.41, 5.74) is 5.90. The number of aromatic amines is 1. The number of imidazole rings is 1. The lowest BCUT2D eigenvalue weighted by Gasteiger charge is -2.28. The van der Waals surface area contributed by atoms with Gasteiger partial charge in [0.1, 0.15) is 17.4 Å². The van der Waals surface area contributed by atoms with Crippen molar-refractivity contribution in [3.8, 4) is 11.3 Å². The maximum absolute atomic E-state index is 10.7. The SMILES string of the molecule is Cc1ccc(C(O)c2nc3cc(Cl)c(-c4ccc(N5CCOCC5)cc4)nc3[nH]2)cc1. The van der Waals surface area contributed by atoms with Crippen LogP contribution in [0.3, 0.4) is 0 Å². The Kier molecular flexibility index (Phi) is 5.36. The van der Waals surface area contributed by atoms with Crippen molar-refractivity contribution >= 4 is 28.5 Å². The van der Waals surface area contributed by atoms with Gasteiger partial charge in [0.15, 0.2) is 5.65 Å². The van der Waals surface area contributed by atoms with Gasteiger partial charge in [-0.1, -0.05) is 53.6 Å². The van der Waals surface area contributed by atoms with Crippen LogP contribution in [-0.2, 0) is 4.74 Å². The third kappa shape index (κ3) is 4.02. The first-order chi connectivity index (χ1) is 15.1. The fraction of sp³-hybridized carbons (Fsp3) is 0.250. The molecule has 7 heteroatoms. The number of hydrogen-bond donors (Lipinski definition) is 2.